The van der Waals surface area contributed by atoms with Crippen LogP contribution in [0.2, 0.25) is 0 Å². The van der Waals surface area contributed by atoms with E-state index in [2.05, 4.69) is 24.0 Å². The summed E-state index contributed by atoms with van der Waals surface area (Å²) in [4.78, 5) is 20.4. The van der Waals surface area contributed by atoms with Crippen LogP contribution >= 0.6 is 0 Å². The van der Waals surface area contributed by atoms with Crippen molar-refractivity contribution in [3.63, 3.8) is 0 Å². The summed E-state index contributed by atoms with van der Waals surface area (Å²) in [5, 5.41) is 0. The molecule has 1 saturated heterocycles. The van der Waals surface area contributed by atoms with E-state index in [-0.39, 0.29) is 12.5 Å². The lowest BCUT2D eigenvalue weighted by Gasteiger charge is -2.35. The second-order valence-electron chi connectivity index (χ2n) is 5.96. The van der Waals surface area contributed by atoms with Crippen LogP contribution in [0, 0.1) is 0 Å². The third kappa shape index (κ3) is 4.50. The van der Waals surface area contributed by atoms with E-state index in [4.69, 9.17) is 0 Å². The van der Waals surface area contributed by atoms with Crippen LogP contribution in [0.25, 0.3) is 0 Å². The zero-order valence-corrected chi connectivity index (χ0v) is 13.2. The fraction of sp³-hybridized carbons (Fsp3) is 0.733. The molecule has 0 saturated carbocycles. The van der Waals surface area contributed by atoms with Crippen molar-refractivity contribution in [2.24, 2.45) is 0 Å². The van der Waals surface area contributed by atoms with Crippen molar-refractivity contribution in [3.05, 3.63) is 18.2 Å². The van der Waals surface area contributed by atoms with Gasteiger partial charge in [-0.2, -0.15) is 0 Å². The molecule has 0 atom stereocenters. The molecule has 0 spiro atoms. The van der Waals surface area contributed by atoms with Crippen molar-refractivity contribution in [1.29, 1.82) is 0 Å². The fourth-order valence-corrected chi connectivity index (χ4v) is 2.89. The van der Waals surface area contributed by atoms with Crippen molar-refractivity contribution in [2.75, 3.05) is 27.2 Å². The van der Waals surface area contributed by atoms with E-state index >= 15 is 0 Å². The second kappa shape index (κ2) is 7.67. The first-order valence-electron chi connectivity index (χ1n) is 7.69. The van der Waals surface area contributed by atoms with Gasteiger partial charge in [0, 0.05) is 44.4 Å². The first kappa shape index (κ1) is 16.9. The second-order valence-corrected chi connectivity index (χ2v) is 5.96. The number of carbonyl (C=O) groups excluding carboxylic acids is 1. The summed E-state index contributed by atoms with van der Waals surface area (Å²) in [5.41, 5.74) is 0. The Balaban J connectivity index is 1.80. The van der Waals surface area contributed by atoms with E-state index in [0.717, 1.165) is 25.9 Å². The zero-order chi connectivity index (χ0) is 16.1. The zero-order valence-electron chi connectivity index (χ0n) is 13.2. The average Bonchev–Trinajstić information content (AvgIpc) is 2.91. The third-order valence-corrected chi connectivity index (χ3v) is 4.25. The molecule has 0 N–H and O–H groups in total. The van der Waals surface area contributed by atoms with Crippen LogP contribution in [-0.4, -0.2) is 64.9 Å². The number of rotatable bonds is 6. The molecule has 0 radical (unpaired) electrons. The normalized spacial score (nSPS) is 16.7. The monoisotopic (exact) mass is 314 g/mol. The van der Waals surface area contributed by atoms with Gasteiger partial charge in [-0.15, -0.1) is 0 Å². The molecule has 5 nitrogen and oxygen atoms in total. The van der Waals surface area contributed by atoms with Gasteiger partial charge in [0.2, 0.25) is 5.91 Å². The molecule has 0 unspecified atom stereocenters. The lowest BCUT2D eigenvalue weighted by atomic mass is 10.0. The molecule has 2 heterocycles. The quantitative estimate of drug-likeness (QED) is 0.801. The van der Waals surface area contributed by atoms with Gasteiger partial charge < -0.3 is 14.4 Å². The highest BCUT2D eigenvalue weighted by Crippen LogP contribution is 2.15. The summed E-state index contributed by atoms with van der Waals surface area (Å²) in [6.45, 7) is 1.18. The first-order chi connectivity index (χ1) is 10.5. The number of aryl methyl sites for hydroxylation is 1. The summed E-state index contributed by atoms with van der Waals surface area (Å²) in [5.74, 6) is 0.639. The van der Waals surface area contributed by atoms with Crippen LogP contribution in [0.1, 0.15) is 25.1 Å². The molecule has 1 aliphatic heterocycles. The van der Waals surface area contributed by atoms with Gasteiger partial charge in [0.1, 0.15) is 5.82 Å². The Hall–Kier alpha value is -1.50. The van der Waals surface area contributed by atoms with Gasteiger partial charge in [0.15, 0.2) is 0 Å². The smallest absolute Gasteiger partial charge is 0.256 e. The number of carbonyl (C=O) groups is 1. The van der Waals surface area contributed by atoms with Gasteiger partial charge in [-0.25, -0.2) is 13.8 Å². The molecule has 1 fully saturated rings. The number of likely N-dealkylation sites (tertiary alicyclic amines) is 1. The summed E-state index contributed by atoms with van der Waals surface area (Å²) in [6.07, 6.45) is 3.34. The molecule has 0 aromatic carbocycles. The molecule has 2 rings (SSSR count). The predicted molar refractivity (Wildman–Crippen MR) is 79.8 cm³/mol. The van der Waals surface area contributed by atoms with Gasteiger partial charge in [-0.3, -0.25) is 4.79 Å². The summed E-state index contributed by atoms with van der Waals surface area (Å²) in [7, 11) is 4.12. The highest BCUT2D eigenvalue weighted by atomic mass is 19.3. The fourth-order valence-electron chi connectivity index (χ4n) is 2.89. The molecule has 1 amide bonds. The minimum absolute atomic E-state index is 0.0869. The highest BCUT2D eigenvalue weighted by Gasteiger charge is 2.23. The van der Waals surface area contributed by atoms with Crippen LogP contribution in [0.5, 0.6) is 0 Å². The Kier molecular flexibility index (Phi) is 5.88. The number of hydrogen-bond donors (Lipinski definition) is 0. The van der Waals surface area contributed by atoms with Crippen LogP contribution in [0.4, 0.5) is 8.78 Å². The number of piperidine rings is 1. The summed E-state index contributed by atoms with van der Waals surface area (Å²) in [6, 6.07) is 0.536. The van der Waals surface area contributed by atoms with E-state index in [1.807, 2.05) is 4.90 Å². The van der Waals surface area contributed by atoms with Crippen LogP contribution in [0.15, 0.2) is 12.4 Å². The molecule has 0 bridgehead atoms. The van der Waals surface area contributed by atoms with Gasteiger partial charge in [0.25, 0.3) is 6.43 Å². The minimum Gasteiger partial charge on any atom is -0.343 e. The van der Waals surface area contributed by atoms with Crippen molar-refractivity contribution < 1.29 is 13.6 Å². The van der Waals surface area contributed by atoms with Gasteiger partial charge >= 0.3 is 0 Å². The van der Waals surface area contributed by atoms with Gasteiger partial charge in [0.05, 0.1) is 6.54 Å². The Morgan fingerprint density at radius 1 is 1.41 bits per heavy atom. The lowest BCUT2D eigenvalue weighted by molar-refractivity contribution is -0.132. The number of amides is 1. The van der Waals surface area contributed by atoms with Crippen LogP contribution in [-0.2, 0) is 17.8 Å². The maximum atomic E-state index is 12.4. The first-order valence-corrected chi connectivity index (χ1v) is 7.69. The van der Waals surface area contributed by atoms with Crippen LogP contribution < -0.4 is 0 Å². The summed E-state index contributed by atoms with van der Waals surface area (Å²) < 4.78 is 26.3. The number of hydrogen-bond acceptors (Lipinski definition) is 3. The van der Waals surface area contributed by atoms with Crippen molar-refractivity contribution in [3.8, 4) is 0 Å². The topological polar surface area (TPSA) is 41.4 Å². The SMILES string of the molecule is CN(C)C1CCN(C(=O)CCc2nccn2CC(F)F)CC1. The molecule has 1 aliphatic rings. The molecular weight excluding hydrogens is 290 g/mol. The summed E-state index contributed by atoms with van der Waals surface area (Å²) >= 11 is 0. The number of alkyl halides is 2. The van der Waals surface area contributed by atoms with E-state index in [0.29, 0.717) is 24.7 Å². The van der Waals surface area contributed by atoms with Crippen LogP contribution in [0.3, 0.4) is 0 Å². The molecule has 1 aromatic heterocycles. The average molecular weight is 314 g/mol. The van der Waals surface area contributed by atoms with E-state index in [1.165, 1.54) is 17.0 Å². The number of aromatic nitrogens is 2. The molecule has 7 heteroatoms. The predicted octanol–water partition coefficient (Wildman–Crippen LogP) is 1.63. The van der Waals surface area contributed by atoms with Gasteiger partial charge in [-0.05, 0) is 26.9 Å². The molecule has 0 aliphatic carbocycles. The Labute approximate surface area is 129 Å². The Bertz CT molecular complexity index is 482. The Morgan fingerprint density at radius 2 is 2.09 bits per heavy atom. The maximum Gasteiger partial charge on any atom is 0.256 e. The molecular formula is C15H24F2N4O. The van der Waals surface area contributed by atoms with Crippen molar-refractivity contribution in [2.45, 2.75) is 44.7 Å². The van der Waals surface area contributed by atoms with E-state index < -0.39 is 6.43 Å². The molecule has 124 valence electrons. The highest BCUT2D eigenvalue weighted by molar-refractivity contribution is 5.76. The third-order valence-electron chi connectivity index (χ3n) is 4.25. The Morgan fingerprint density at radius 3 is 2.68 bits per heavy atom. The van der Waals surface area contributed by atoms with E-state index in [1.54, 1.807) is 0 Å². The number of imidazole rings is 1. The minimum atomic E-state index is -2.41. The van der Waals surface area contributed by atoms with Crippen molar-refractivity contribution in [1.82, 2.24) is 19.4 Å². The largest absolute Gasteiger partial charge is 0.343 e. The van der Waals surface area contributed by atoms with Crippen molar-refractivity contribution >= 4 is 5.91 Å². The standard InChI is InChI=1S/C15H24F2N4O/c1-19(2)12-5-8-20(9-6-12)15(22)4-3-14-18-7-10-21(14)11-13(16)17/h7,10,12-13H,3-6,8-9,11H2,1-2H3. The molecule has 22 heavy (non-hydrogen) atoms. The maximum absolute atomic E-state index is 12.4. The van der Waals surface area contributed by atoms with E-state index in [9.17, 15) is 13.6 Å². The van der Waals surface area contributed by atoms with Gasteiger partial charge in [-0.1, -0.05) is 0 Å². The molecule has 1 aromatic rings. The number of halogens is 2. The number of nitrogens with zero attached hydrogens (tertiary/aromatic N) is 4. The lowest BCUT2D eigenvalue weighted by Crippen LogP contribution is -2.44.